The van der Waals surface area contributed by atoms with Gasteiger partial charge in [0.2, 0.25) is 0 Å². The Labute approximate surface area is 112 Å². The minimum Gasteiger partial charge on any atom is -0.489 e. The molecule has 1 saturated carbocycles. The summed E-state index contributed by atoms with van der Waals surface area (Å²) in [5.41, 5.74) is -0.194. The molecule has 0 amide bonds. The van der Waals surface area contributed by atoms with E-state index in [1.807, 2.05) is 13.8 Å². The van der Waals surface area contributed by atoms with Gasteiger partial charge in [-0.25, -0.2) is 0 Å². The van der Waals surface area contributed by atoms with Gasteiger partial charge in [-0.1, -0.05) is 19.9 Å². The third-order valence-electron chi connectivity index (χ3n) is 4.37. The first kappa shape index (κ1) is 13.8. The highest BCUT2D eigenvalue weighted by atomic mass is 16.6. The van der Waals surface area contributed by atoms with Gasteiger partial charge in [0.15, 0.2) is 0 Å². The summed E-state index contributed by atoms with van der Waals surface area (Å²) < 4.78 is 5.84. The van der Waals surface area contributed by atoms with Crippen molar-refractivity contribution in [1.29, 1.82) is 0 Å². The molecule has 0 radical (unpaired) electrons. The van der Waals surface area contributed by atoms with Gasteiger partial charge in [0.25, 0.3) is 5.69 Å². The van der Waals surface area contributed by atoms with Gasteiger partial charge < -0.3 is 9.84 Å². The zero-order valence-electron chi connectivity index (χ0n) is 11.2. The van der Waals surface area contributed by atoms with Gasteiger partial charge in [-0.05, 0) is 18.9 Å². The van der Waals surface area contributed by atoms with Gasteiger partial charge in [-0.15, -0.1) is 0 Å². The van der Waals surface area contributed by atoms with Crippen molar-refractivity contribution < 1.29 is 14.8 Å². The molecule has 0 heterocycles. The van der Waals surface area contributed by atoms with E-state index in [0.717, 1.165) is 12.8 Å². The summed E-state index contributed by atoms with van der Waals surface area (Å²) in [5.74, 6) is 0.498. The standard InChI is InChI=1S/C14H19NO4/c1-3-14(4-2)12(16)9-13(14)19-11-7-5-6-10(8-11)15(17)18/h5-8,12-13,16H,3-4,9H2,1-2H3. The summed E-state index contributed by atoms with van der Waals surface area (Å²) >= 11 is 0. The van der Waals surface area contributed by atoms with Crippen LogP contribution >= 0.6 is 0 Å². The third-order valence-corrected chi connectivity index (χ3v) is 4.37. The Morgan fingerprint density at radius 3 is 2.68 bits per heavy atom. The van der Waals surface area contributed by atoms with E-state index in [2.05, 4.69) is 0 Å². The molecule has 5 nitrogen and oxygen atoms in total. The maximum Gasteiger partial charge on any atom is 0.273 e. The summed E-state index contributed by atoms with van der Waals surface area (Å²) in [5, 5.41) is 20.7. The van der Waals surface area contributed by atoms with Gasteiger partial charge in [-0.2, -0.15) is 0 Å². The van der Waals surface area contributed by atoms with Gasteiger partial charge >= 0.3 is 0 Å². The topological polar surface area (TPSA) is 72.6 Å². The van der Waals surface area contributed by atoms with Crippen molar-refractivity contribution in [3.8, 4) is 5.75 Å². The quantitative estimate of drug-likeness (QED) is 0.656. The van der Waals surface area contributed by atoms with Crippen molar-refractivity contribution in [2.24, 2.45) is 5.41 Å². The largest absolute Gasteiger partial charge is 0.489 e. The Kier molecular flexibility index (Phi) is 3.75. The Morgan fingerprint density at radius 1 is 1.47 bits per heavy atom. The number of nitro groups is 1. The van der Waals surface area contributed by atoms with Crippen molar-refractivity contribution in [3.63, 3.8) is 0 Å². The zero-order chi connectivity index (χ0) is 14.0. The summed E-state index contributed by atoms with van der Waals surface area (Å²) in [6.07, 6.45) is 1.85. The second kappa shape index (κ2) is 5.17. The lowest BCUT2D eigenvalue weighted by molar-refractivity contribution is -0.385. The average Bonchev–Trinajstić information content (AvgIpc) is 2.40. The van der Waals surface area contributed by atoms with E-state index in [1.54, 1.807) is 12.1 Å². The van der Waals surface area contributed by atoms with Crippen LogP contribution in [0.25, 0.3) is 0 Å². The van der Waals surface area contributed by atoms with E-state index in [-0.39, 0.29) is 23.3 Å². The molecule has 5 heteroatoms. The second-order valence-corrected chi connectivity index (χ2v) is 5.05. The van der Waals surface area contributed by atoms with E-state index in [0.29, 0.717) is 12.2 Å². The number of aliphatic hydroxyl groups is 1. The highest BCUT2D eigenvalue weighted by molar-refractivity contribution is 5.38. The first-order valence-electron chi connectivity index (χ1n) is 6.62. The molecule has 0 spiro atoms. The Bertz CT molecular complexity index is 470. The zero-order valence-corrected chi connectivity index (χ0v) is 11.2. The molecule has 1 fully saturated rings. The molecular formula is C14H19NO4. The van der Waals surface area contributed by atoms with Crippen LogP contribution in [0.15, 0.2) is 24.3 Å². The number of rotatable bonds is 5. The van der Waals surface area contributed by atoms with Crippen molar-refractivity contribution in [1.82, 2.24) is 0 Å². The number of benzene rings is 1. The maximum atomic E-state index is 10.7. The number of nitrogens with zero attached hydrogens (tertiary/aromatic N) is 1. The molecule has 1 aliphatic carbocycles. The minimum absolute atomic E-state index is 0.0240. The smallest absolute Gasteiger partial charge is 0.273 e. The van der Waals surface area contributed by atoms with Gasteiger partial charge in [0.1, 0.15) is 11.9 Å². The lowest BCUT2D eigenvalue weighted by atomic mass is 9.60. The Hall–Kier alpha value is -1.62. The molecule has 2 unspecified atom stereocenters. The molecule has 2 rings (SSSR count). The van der Waals surface area contributed by atoms with Crippen molar-refractivity contribution in [3.05, 3.63) is 34.4 Å². The lowest BCUT2D eigenvalue weighted by Gasteiger charge is -2.52. The number of ether oxygens (including phenoxy) is 1. The predicted molar refractivity (Wildman–Crippen MR) is 71.2 cm³/mol. The van der Waals surface area contributed by atoms with Gasteiger partial charge in [0.05, 0.1) is 17.1 Å². The molecule has 19 heavy (non-hydrogen) atoms. The van der Waals surface area contributed by atoms with Crippen LogP contribution in [0.1, 0.15) is 33.1 Å². The first-order valence-corrected chi connectivity index (χ1v) is 6.62. The van der Waals surface area contributed by atoms with Crippen LogP contribution in [0.4, 0.5) is 5.69 Å². The van der Waals surface area contributed by atoms with Crippen LogP contribution in [0.2, 0.25) is 0 Å². The molecule has 0 aromatic heterocycles. The molecule has 0 bridgehead atoms. The number of hydrogen-bond donors (Lipinski definition) is 1. The SMILES string of the molecule is CCC1(CC)C(O)CC1Oc1cccc([N+](=O)[O-])c1. The fourth-order valence-electron chi connectivity index (χ4n) is 2.90. The van der Waals surface area contributed by atoms with Gasteiger partial charge in [-0.3, -0.25) is 10.1 Å². The van der Waals surface area contributed by atoms with E-state index in [1.165, 1.54) is 12.1 Å². The molecule has 1 aromatic rings. The van der Waals surface area contributed by atoms with Crippen LogP contribution < -0.4 is 4.74 Å². The minimum atomic E-state index is -0.435. The molecule has 1 aliphatic rings. The highest BCUT2D eigenvalue weighted by Gasteiger charge is 2.53. The molecule has 0 saturated heterocycles. The number of aliphatic hydroxyl groups excluding tert-OH is 1. The average molecular weight is 265 g/mol. The predicted octanol–water partition coefficient (Wildman–Crippen LogP) is 2.91. The van der Waals surface area contributed by atoms with Crippen LogP contribution in [0, 0.1) is 15.5 Å². The molecule has 2 atom stereocenters. The summed E-state index contributed by atoms with van der Waals surface area (Å²) in [4.78, 5) is 10.3. The molecule has 0 aliphatic heterocycles. The van der Waals surface area contributed by atoms with E-state index in [9.17, 15) is 15.2 Å². The highest BCUT2D eigenvalue weighted by Crippen LogP contribution is 2.49. The number of nitro benzene ring substituents is 1. The first-order chi connectivity index (χ1) is 9.03. The second-order valence-electron chi connectivity index (χ2n) is 5.05. The lowest BCUT2D eigenvalue weighted by Crippen LogP contribution is -2.59. The van der Waals surface area contributed by atoms with Gasteiger partial charge in [0, 0.05) is 17.9 Å². The number of hydrogen-bond acceptors (Lipinski definition) is 4. The van der Waals surface area contributed by atoms with Crippen molar-refractivity contribution in [2.45, 2.75) is 45.3 Å². The normalized spacial score (nSPS) is 24.6. The summed E-state index contributed by atoms with van der Waals surface area (Å²) in [7, 11) is 0. The number of non-ortho nitro benzene ring substituents is 1. The summed E-state index contributed by atoms with van der Waals surface area (Å²) in [6, 6.07) is 6.20. The van der Waals surface area contributed by atoms with Crippen molar-refractivity contribution >= 4 is 5.69 Å². The van der Waals surface area contributed by atoms with Crippen LogP contribution in [0.5, 0.6) is 5.75 Å². The Balaban J connectivity index is 2.14. The molecule has 1 N–H and O–H groups in total. The van der Waals surface area contributed by atoms with Crippen LogP contribution in [-0.2, 0) is 0 Å². The molecule has 104 valence electrons. The maximum absolute atomic E-state index is 10.7. The molecule has 1 aromatic carbocycles. The van der Waals surface area contributed by atoms with E-state index >= 15 is 0 Å². The third kappa shape index (κ3) is 2.30. The van der Waals surface area contributed by atoms with Crippen LogP contribution in [-0.4, -0.2) is 22.2 Å². The molecular weight excluding hydrogens is 246 g/mol. The fraction of sp³-hybridized carbons (Fsp3) is 0.571. The Morgan fingerprint density at radius 2 is 2.16 bits per heavy atom. The monoisotopic (exact) mass is 265 g/mol. The van der Waals surface area contributed by atoms with Crippen LogP contribution in [0.3, 0.4) is 0 Å². The van der Waals surface area contributed by atoms with E-state index < -0.39 is 4.92 Å². The van der Waals surface area contributed by atoms with E-state index in [4.69, 9.17) is 4.74 Å². The van der Waals surface area contributed by atoms with Crippen molar-refractivity contribution in [2.75, 3.05) is 0 Å². The fourth-order valence-corrected chi connectivity index (χ4v) is 2.90. The summed E-state index contributed by atoms with van der Waals surface area (Å²) in [6.45, 7) is 4.07.